The molecule has 1 N–H and O–H groups in total. The largest absolute Gasteiger partial charge is 0.366 e. The highest BCUT2D eigenvalue weighted by Crippen LogP contribution is 2.31. The van der Waals surface area contributed by atoms with E-state index in [1.165, 1.54) is 30.3 Å². The molecule has 10 heteroatoms. The molecule has 0 aliphatic carbocycles. The molecular weight excluding hydrogens is 441 g/mol. The van der Waals surface area contributed by atoms with Gasteiger partial charge in [-0.25, -0.2) is 4.39 Å². The number of hydrogen-bond acceptors (Lipinski definition) is 6. The molecule has 0 atom stereocenters. The summed E-state index contributed by atoms with van der Waals surface area (Å²) in [5, 5.41) is 14.4. The molecule has 2 aliphatic heterocycles. The summed E-state index contributed by atoms with van der Waals surface area (Å²) in [6.45, 7) is 3.59. The van der Waals surface area contributed by atoms with E-state index in [0.29, 0.717) is 43.1 Å². The minimum Gasteiger partial charge on any atom is -0.366 e. The summed E-state index contributed by atoms with van der Waals surface area (Å²) in [5.41, 5.74) is 1.35. The molecule has 9 nitrogen and oxygen atoms in total. The summed E-state index contributed by atoms with van der Waals surface area (Å²) in [4.78, 5) is 42.2. The number of carbonyl (C=O) groups excluding carboxylic acids is 2. The minimum atomic E-state index is -0.418. The lowest BCUT2D eigenvalue weighted by atomic mass is 10.1. The molecule has 2 fully saturated rings. The Labute approximate surface area is 197 Å². The number of nitro benzene ring substituents is 1. The van der Waals surface area contributed by atoms with Crippen LogP contribution in [0.5, 0.6) is 0 Å². The van der Waals surface area contributed by atoms with Gasteiger partial charge in [0.2, 0.25) is 5.91 Å². The highest BCUT2D eigenvalue weighted by Gasteiger charge is 2.27. The summed E-state index contributed by atoms with van der Waals surface area (Å²) in [5.74, 6) is -0.829. The van der Waals surface area contributed by atoms with Gasteiger partial charge < -0.3 is 15.1 Å². The maximum atomic E-state index is 13.0. The van der Waals surface area contributed by atoms with Crippen molar-refractivity contribution in [2.24, 2.45) is 0 Å². The van der Waals surface area contributed by atoms with Crippen molar-refractivity contribution in [2.75, 3.05) is 56.0 Å². The average Bonchev–Trinajstić information content (AvgIpc) is 2.85. The van der Waals surface area contributed by atoms with E-state index in [1.54, 1.807) is 17.0 Å². The maximum absolute atomic E-state index is 13.0. The number of piperidine rings is 1. The van der Waals surface area contributed by atoms with Gasteiger partial charge in [0.15, 0.2) is 0 Å². The lowest BCUT2D eigenvalue weighted by molar-refractivity contribution is -0.384. The van der Waals surface area contributed by atoms with Crippen LogP contribution in [0.4, 0.5) is 21.5 Å². The van der Waals surface area contributed by atoms with Gasteiger partial charge in [-0.05, 0) is 55.7 Å². The zero-order valence-corrected chi connectivity index (χ0v) is 18.9. The summed E-state index contributed by atoms with van der Waals surface area (Å²) >= 11 is 0. The fourth-order valence-electron chi connectivity index (χ4n) is 4.43. The number of nitro groups is 1. The van der Waals surface area contributed by atoms with Crippen molar-refractivity contribution in [3.05, 3.63) is 64.0 Å². The first-order valence-corrected chi connectivity index (χ1v) is 11.5. The topological polar surface area (TPSA) is 99.0 Å². The van der Waals surface area contributed by atoms with Crippen molar-refractivity contribution in [2.45, 2.75) is 19.3 Å². The molecule has 2 aromatic carbocycles. The van der Waals surface area contributed by atoms with E-state index in [1.807, 2.05) is 9.80 Å². The van der Waals surface area contributed by atoms with Gasteiger partial charge in [-0.2, -0.15) is 0 Å². The minimum absolute atomic E-state index is 0.0381. The Kier molecular flexibility index (Phi) is 7.36. The number of nitrogens with zero attached hydrogens (tertiary/aromatic N) is 4. The van der Waals surface area contributed by atoms with Crippen LogP contribution in [-0.4, -0.2) is 72.4 Å². The van der Waals surface area contributed by atoms with Crippen LogP contribution in [0, 0.1) is 15.9 Å². The Bertz CT molecular complexity index is 1050. The Hall–Kier alpha value is -3.53. The summed E-state index contributed by atoms with van der Waals surface area (Å²) in [6.07, 6.45) is 3.13. The predicted octanol–water partition coefficient (Wildman–Crippen LogP) is 3.12. The van der Waals surface area contributed by atoms with Gasteiger partial charge in [0.25, 0.3) is 11.6 Å². The highest BCUT2D eigenvalue weighted by molar-refractivity contribution is 5.96. The molecule has 0 aromatic heterocycles. The van der Waals surface area contributed by atoms with Crippen LogP contribution in [0.15, 0.2) is 42.5 Å². The molecule has 34 heavy (non-hydrogen) atoms. The SMILES string of the molecule is O=C(CN1CCN(C(=O)c2ccc(N3CCCCC3)c([N+](=O)[O-])c2)CC1)Nc1ccc(F)cc1. The van der Waals surface area contributed by atoms with Crippen LogP contribution < -0.4 is 10.2 Å². The third-order valence-electron chi connectivity index (χ3n) is 6.27. The Morgan fingerprint density at radius 3 is 2.26 bits per heavy atom. The number of halogens is 1. The van der Waals surface area contributed by atoms with Crippen LogP contribution in [0.2, 0.25) is 0 Å². The monoisotopic (exact) mass is 469 g/mol. The van der Waals surface area contributed by atoms with Crippen molar-refractivity contribution in [3.8, 4) is 0 Å². The second-order valence-corrected chi connectivity index (χ2v) is 8.63. The number of benzene rings is 2. The summed E-state index contributed by atoms with van der Waals surface area (Å²) in [7, 11) is 0. The van der Waals surface area contributed by atoms with Gasteiger partial charge in [0.05, 0.1) is 11.5 Å². The number of hydrogen-bond donors (Lipinski definition) is 1. The second-order valence-electron chi connectivity index (χ2n) is 8.63. The van der Waals surface area contributed by atoms with Crippen molar-refractivity contribution in [1.29, 1.82) is 0 Å². The maximum Gasteiger partial charge on any atom is 0.293 e. The van der Waals surface area contributed by atoms with Crippen molar-refractivity contribution < 1.29 is 18.9 Å². The number of piperazine rings is 1. The van der Waals surface area contributed by atoms with Gasteiger partial charge in [0, 0.05) is 56.6 Å². The molecule has 2 aromatic rings. The molecular formula is C24H28FN5O4. The number of rotatable bonds is 6. The zero-order valence-electron chi connectivity index (χ0n) is 18.9. The number of nitrogens with one attached hydrogen (secondary N) is 1. The van der Waals surface area contributed by atoms with E-state index >= 15 is 0 Å². The molecule has 0 bridgehead atoms. The Morgan fingerprint density at radius 2 is 1.62 bits per heavy atom. The molecule has 4 rings (SSSR count). The van der Waals surface area contributed by atoms with E-state index in [4.69, 9.17) is 0 Å². The van der Waals surface area contributed by atoms with E-state index in [0.717, 1.165) is 32.4 Å². The fourth-order valence-corrected chi connectivity index (χ4v) is 4.43. The number of anilines is 2. The molecule has 2 aliphatic rings. The summed E-state index contributed by atoms with van der Waals surface area (Å²) in [6, 6.07) is 10.3. The van der Waals surface area contributed by atoms with Crippen molar-refractivity contribution >= 4 is 28.9 Å². The Morgan fingerprint density at radius 1 is 0.941 bits per heavy atom. The van der Waals surface area contributed by atoms with E-state index in [2.05, 4.69) is 5.32 Å². The van der Waals surface area contributed by atoms with E-state index in [9.17, 15) is 24.1 Å². The third-order valence-corrected chi connectivity index (χ3v) is 6.27. The molecule has 2 amide bonds. The van der Waals surface area contributed by atoms with Crippen molar-refractivity contribution in [3.63, 3.8) is 0 Å². The fraction of sp³-hybridized carbons (Fsp3) is 0.417. The van der Waals surface area contributed by atoms with E-state index in [-0.39, 0.29) is 29.9 Å². The van der Waals surface area contributed by atoms with Crippen LogP contribution in [0.25, 0.3) is 0 Å². The second kappa shape index (κ2) is 10.6. The number of amides is 2. The molecule has 0 unspecified atom stereocenters. The quantitative estimate of drug-likeness (QED) is 0.516. The van der Waals surface area contributed by atoms with Gasteiger partial charge in [-0.1, -0.05) is 0 Å². The van der Waals surface area contributed by atoms with Crippen LogP contribution >= 0.6 is 0 Å². The third kappa shape index (κ3) is 5.69. The first-order chi connectivity index (χ1) is 16.4. The molecule has 0 radical (unpaired) electrons. The Balaban J connectivity index is 1.33. The van der Waals surface area contributed by atoms with Crippen LogP contribution in [0.3, 0.4) is 0 Å². The standard InChI is InChI=1S/C24H28FN5O4/c25-19-5-7-20(8-6-19)26-23(31)17-27-12-14-29(15-13-27)24(32)18-4-9-21(22(16-18)30(33)34)28-10-2-1-3-11-28/h4-9,16H,1-3,10-15,17H2,(H,26,31). The van der Waals surface area contributed by atoms with Gasteiger partial charge in [-0.3, -0.25) is 24.6 Å². The van der Waals surface area contributed by atoms with Gasteiger partial charge >= 0.3 is 0 Å². The average molecular weight is 470 g/mol. The highest BCUT2D eigenvalue weighted by atomic mass is 19.1. The lowest BCUT2D eigenvalue weighted by Gasteiger charge is -2.34. The van der Waals surface area contributed by atoms with Gasteiger partial charge in [-0.15, -0.1) is 0 Å². The smallest absolute Gasteiger partial charge is 0.293 e. The molecule has 2 saturated heterocycles. The zero-order chi connectivity index (χ0) is 24.1. The lowest BCUT2D eigenvalue weighted by Crippen LogP contribution is -2.50. The normalized spacial score (nSPS) is 16.9. The van der Waals surface area contributed by atoms with Crippen LogP contribution in [-0.2, 0) is 4.79 Å². The summed E-state index contributed by atoms with van der Waals surface area (Å²) < 4.78 is 13.0. The number of carbonyl (C=O) groups is 2. The van der Waals surface area contributed by atoms with Gasteiger partial charge in [0.1, 0.15) is 11.5 Å². The first kappa shape index (κ1) is 23.6. The van der Waals surface area contributed by atoms with Crippen molar-refractivity contribution in [1.82, 2.24) is 9.80 Å². The predicted molar refractivity (Wildman–Crippen MR) is 127 cm³/mol. The first-order valence-electron chi connectivity index (χ1n) is 11.5. The molecule has 0 saturated carbocycles. The van der Waals surface area contributed by atoms with E-state index < -0.39 is 4.92 Å². The molecule has 2 heterocycles. The molecule has 0 spiro atoms. The van der Waals surface area contributed by atoms with Crippen LogP contribution in [0.1, 0.15) is 29.6 Å². The molecule has 180 valence electrons.